The second kappa shape index (κ2) is 7.80. The normalized spacial score (nSPS) is 10.7. The van der Waals surface area contributed by atoms with E-state index in [1.54, 1.807) is 23.1 Å². The number of benzene rings is 1. The molecule has 0 spiro atoms. The highest BCUT2D eigenvalue weighted by molar-refractivity contribution is 5.78. The molecular formula is C16H23FN2O. The van der Waals surface area contributed by atoms with Crippen LogP contribution in [0.15, 0.2) is 36.4 Å². The van der Waals surface area contributed by atoms with E-state index in [9.17, 15) is 9.18 Å². The van der Waals surface area contributed by atoms with Crippen LogP contribution in [-0.2, 0) is 11.3 Å². The van der Waals surface area contributed by atoms with Gasteiger partial charge in [0.05, 0.1) is 6.54 Å². The van der Waals surface area contributed by atoms with Crippen LogP contribution in [-0.4, -0.2) is 42.4 Å². The Labute approximate surface area is 120 Å². The quantitative estimate of drug-likeness (QED) is 0.716. The van der Waals surface area contributed by atoms with E-state index in [4.69, 9.17) is 0 Å². The van der Waals surface area contributed by atoms with Crippen molar-refractivity contribution in [2.24, 2.45) is 0 Å². The molecule has 0 N–H and O–H groups in total. The maximum atomic E-state index is 13.6. The van der Waals surface area contributed by atoms with E-state index in [1.165, 1.54) is 6.07 Å². The van der Waals surface area contributed by atoms with Crippen LogP contribution >= 0.6 is 0 Å². The molecule has 1 amide bonds. The third kappa shape index (κ3) is 5.13. The number of halogens is 1. The minimum absolute atomic E-state index is 0.0364. The Balaban J connectivity index is 2.57. The number of hydrogen-bond donors (Lipinski definition) is 0. The molecule has 0 saturated heterocycles. The summed E-state index contributed by atoms with van der Waals surface area (Å²) in [5.41, 5.74) is 1.56. The van der Waals surface area contributed by atoms with Gasteiger partial charge in [0, 0.05) is 25.2 Å². The number of hydrogen-bond acceptors (Lipinski definition) is 2. The number of rotatable bonds is 7. The fourth-order valence-electron chi connectivity index (χ4n) is 2.01. The van der Waals surface area contributed by atoms with Gasteiger partial charge in [-0.25, -0.2) is 4.39 Å². The summed E-state index contributed by atoms with van der Waals surface area (Å²) >= 11 is 0. The molecule has 0 saturated carbocycles. The van der Waals surface area contributed by atoms with E-state index < -0.39 is 0 Å². The summed E-state index contributed by atoms with van der Waals surface area (Å²) in [5.74, 6) is -0.199. The van der Waals surface area contributed by atoms with Gasteiger partial charge in [0.2, 0.25) is 5.91 Å². The van der Waals surface area contributed by atoms with Gasteiger partial charge in [-0.1, -0.05) is 30.4 Å². The number of likely N-dealkylation sites (N-methyl/N-ethyl adjacent to an activating group) is 2. The lowest BCUT2D eigenvalue weighted by Gasteiger charge is -2.24. The van der Waals surface area contributed by atoms with Crippen LogP contribution in [0.5, 0.6) is 0 Å². The first-order chi connectivity index (χ1) is 9.43. The fraction of sp³-hybridized carbons (Fsp3) is 0.438. The van der Waals surface area contributed by atoms with E-state index in [0.29, 0.717) is 25.2 Å². The van der Waals surface area contributed by atoms with E-state index in [1.807, 2.05) is 25.8 Å². The predicted molar refractivity (Wildman–Crippen MR) is 79.8 cm³/mol. The van der Waals surface area contributed by atoms with E-state index in [-0.39, 0.29) is 18.3 Å². The zero-order valence-electron chi connectivity index (χ0n) is 12.5. The Kier molecular flexibility index (Phi) is 6.39. The molecule has 0 bridgehead atoms. The largest absolute Gasteiger partial charge is 0.338 e. The van der Waals surface area contributed by atoms with Gasteiger partial charge in [-0.15, -0.1) is 0 Å². The molecule has 0 aliphatic carbocycles. The first kappa shape index (κ1) is 16.4. The van der Waals surface area contributed by atoms with Gasteiger partial charge in [0.1, 0.15) is 5.82 Å². The van der Waals surface area contributed by atoms with Crippen LogP contribution in [0.1, 0.15) is 19.4 Å². The van der Waals surface area contributed by atoms with Gasteiger partial charge in [-0.3, -0.25) is 9.69 Å². The summed E-state index contributed by atoms with van der Waals surface area (Å²) < 4.78 is 13.6. The molecule has 0 unspecified atom stereocenters. The first-order valence-corrected chi connectivity index (χ1v) is 6.78. The number of carbonyl (C=O) groups is 1. The van der Waals surface area contributed by atoms with Gasteiger partial charge < -0.3 is 4.90 Å². The average Bonchev–Trinajstić information content (AvgIpc) is 2.38. The van der Waals surface area contributed by atoms with E-state index >= 15 is 0 Å². The van der Waals surface area contributed by atoms with Crippen molar-refractivity contribution in [3.8, 4) is 0 Å². The van der Waals surface area contributed by atoms with Crippen LogP contribution < -0.4 is 0 Å². The van der Waals surface area contributed by atoms with Crippen molar-refractivity contribution in [1.29, 1.82) is 0 Å². The molecule has 0 heterocycles. The third-order valence-electron chi connectivity index (χ3n) is 3.00. The van der Waals surface area contributed by atoms with Gasteiger partial charge in [0.25, 0.3) is 0 Å². The maximum absolute atomic E-state index is 13.6. The monoisotopic (exact) mass is 278 g/mol. The molecule has 0 fully saturated rings. The Morgan fingerprint density at radius 3 is 2.50 bits per heavy atom. The Hall–Kier alpha value is -1.68. The van der Waals surface area contributed by atoms with Gasteiger partial charge in [0.15, 0.2) is 0 Å². The molecule has 0 atom stereocenters. The van der Waals surface area contributed by atoms with Crippen molar-refractivity contribution in [3.63, 3.8) is 0 Å². The van der Waals surface area contributed by atoms with Crippen LogP contribution in [0.25, 0.3) is 0 Å². The lowest BCUT2D eigenvalue weighted by molar-refractivity contribution is -0.131. The minimum atomic E-state index is -0.235. The van der Waals surface area contributed by atoms with Crippen molar-refractivity contribution in [2.75, 3.05) is 26.7 Å². The Bertz CT molecular complexity index is 473. The van der Waals surface area contributed by atoms with Crippen molar-refractivity contribution >= 4 is 5.91 Å². The summed E-state index contributed by atoms with van der Waals surface area (Å²) in [6.07, 6.45) is 0. The summed E-state index contributed by atoms with van der Waals surface area (Å²) in [6.45, 7) is 9.59. The Morgan fingerprint density at radius 1 is 1.30 bits per heavy atom. The van der Waals surface area contributed by atoms with E-state index in [0.717, 1.165) is 5.57 Å². The lowest BCUT2D eigenvalue weighted by atomic mass is 10.2. The van der Waals surface area contributed by atoms with E-state index in [2.05, 4.69) is 6.58 Å². The van der Waals surface area contributed by atoms with Gasteiger partial charge in [-0.05, 0) is 27.0 Å². The molecule has 0 aliphatic heterocycles. The van der Waals surface area contributed by atoms with Crippen LogP contribution in [0.2, 0.25) is 0 Å². The van der Waals surface area contributed by atoms with Gasteiger partial charge >= 0.3 is 0 Å². The van der Waals surface area contributed by atoms with Crippen LogP contribution in [0.4, 0.5) is 4.39 Å². The first-order valence-electron chi connectivity index (χ1n) is 6.78. The number of carbonyl (C=O) groups excluding carboxylic acids is 1. The van der Waals surface area contributed by atoms with Crippen LogP contribution in [0, 0.1) is 5.82 Å². The van der Waals surface area contributed by atoms with Crippen molar-refractivity contribution in [1.82, 2.24) is 9.80 Å². The van der Waals surface area contributed by atoms with Crippen LogP contribution in [0.3, 0.4) is 0 Å². The molecule has 0 aliphatic rings. The molecule has 0 radical (unpaired) electrons. The summed E-state index contributed by atoms with van der Waals surface area (Å²) in [7, 11) is 1.82. The van der Waals surface area contributed by atoms with Gasteiger partial charge in [-0.2, -0.15) is 0 Å². The second-order valence-electron chi connectivity index (χ2n) is 5.13. The zero-order valence-corrected chi connectivity index (χ0v) is 12.5. The third-order valence-corrected chi connectivity index (χ3v) is 3.00. The highest BCUT2D eigenvalue weighted by atomic mass is 19.1. The SMILES string of the molecule is C=C(C)CN(CC)C(=O)CN(C)Cc1ccccc1F. The molecule has 1 aromatic rings. The number of amides is 1. The molecule has 1 aromatic carbocycles. The molecule has 3 nitrogen and oxygen atoms in total. The minimum Gasteiger partial charge on any atom is -0.338 e. The molecular weight excluding hydrogens is 255 g/mol. The lowest BCUT2D eigenvalue weighted by Crippen LogP contribution is -2.39. The highest BCUT2D eigenvalue weighted by Crippen LogP contribution is 2.09. The highest BCUT2D eigenvalue weighted by Gasteiger charge is 2.14. The predicted octanol–water partition coefficient (Wildman–Crippen LogP) is 2.68. The zero-order chi connectivity index (χ0) is 15.1. The second-order valence-corrected chi connectivity index (χ2v) is 5.13. The number of nitrogens with zero attached hydrogens (tertiary/aromatic N) is 2. The molecule has 1 rings (SSSR count). The molecule has 0 aromatic heterocycles. The van der Waals surface area contributed by atoms with Crippen molar-refractivity contribution in [2.45, 2.75) is 20.4 Å². The fourth-order valence-corrected chi connectivity index (χ4v) is 2.01. The van der Waals surface area contributed by atoms with Crippen molar-refractivity contribution < 1.29 is 9.18 Å². The smallest absolute Gasteiger partial charge is 0.237 e. The average molecular weight is 278 g/mol. The molecule has 110 valence electrons. The molecule has 4 heteroatoms. The topological polar surface area (TPSA) is 23.6 Å². The maximum Gasteiger partial charge on any atom is 0.237 e. The summed E-state index contributed by atoms with van der Waals surface area (Å²) in [5, 5.41) is 0. The Morgan fingerprint density at radius 2 is 1.95 bits per heavy atom. The molecule has 20 heavy (non-hydrogen) atoms. The summed E-state index contributed by atoms with van der Waals surface area (Å²) in [6, 6.07) is 6.63. The van der Waals surface area contributed by atoms with Crippen molar-refractivity contribution in [3.05, 3.63) is 47.8 Å². The summed E-state index contributed by atoms with van der Waals surface area (Å²) in [4.78, 5) is 15.7. The standard InChI is InChI=1S/C16H23FN2O/c1-5-19(10-13(2)3)16(20)12-18(4)11-14-8-6-7-9-15(14)17/h6-9H,2,5,10-12H2,1,3-4H3.